The highest BCUT2D eigenvalue weighted by molar-refractivity contribution is 7.80. The number of hydrogen-bond acceptors (Lipinski definition) is 3. The van der Waals surface area contributed by atoms with Gasteiger partial charge in [0.1, 0.15) is 5.75 Å². The summed E-state index contributed by atoms with van der Waals surface area (Å²) in [4.78, 5) is 14.1. The maximum Gasteiger partial charge on any atom is 0.265 e. The summed E-state index contributed by atoms with van der Waals surface area (Å²) in [6.45, 7) is 0.800. The van der Waals surface area contributed by atoms with E-state index in [4.69, 9.17) is 22.7 Å². The van der Waals surface area contributed by atoms with Crippen LogP contribution in [0.5, 0.6) is 5.75 Å². The Kier molecular flexibility index (Phi) is 4.15. The molecule has 1 heterocycles. The predicted octanol–water partition coefficient (Wildman–Crippen LogP) is 1.87. The summed E-state index contributed by atoms with van der Waals surface area (Å²) in [6, 6.07) is 7.59. The Morgan fingerprint density at radius 3 is 2.94 bits per heavy atom. The van der Waals surface area contributed by atoms with E-state index in [1.807, 2.05) is 24.3 Å². The van der Waals surface area contributed by atoms with E-state index in [-0.39, 0.29) is 12.5 Å². The largest absolute Gasteiger partial charge is 0.482 e. The molecule has 0 aromatic heterocycles. The zero-order chi connectivity index (χ0) is 13.0. The summed E-state index contributed by atoms with van der Waals surface area (Å²) in [5.41, 5.74) is 6.30. The first kappa shape index (κ1) is 12.8. The van der Waals surface area contributed by atoms with E-state index in [9.17, 15) is 4.79 Å². The van der Waals surface area contributed by atoms with Gasteiger partial charge in [-0.3, -0.25) is 4.79 Å². The van der Waals surface area contributed by atoms with Crippen LogP contribution in [0.1, 0.15) is 19.3 Å². The number of amides is 1. The van der Waals surface area contributed by atoms with Gasteiger partial charge in [-0.15, -0.1) is 0 Å². The Balaban J connectivity index is 1.99. The second-order valence-electron chi connectivity index (χ2n) is 4.23. The minimum absolute atomic E-state index is 0.00373. The average molecular weight is 264 g/mol. The van der Waals surface area contributed by atoms with E-state index in [0.29, 0.717) is 11.5 Å². The third-order valence-electron chi connectivity index (χ3n) is 2.86. The van der Waals surface area contributed by atoms with Crippen LogP contribution in [0.25, 0.3) is 0 Å². The number of para-hydroxylation sites is 2. The van der Waals surface area contributed by atoms with Crippen molar-refractivity contribution in [3.8, 4) is 5.75 Å². The minimum Gasteiger partial charge on any atom is -0.482 e. The molecular formula is C13H16N2O2S. The van der Waals surface area contributed by atoms with Gasteiger partial charge in [-0.25, -0.2) is 0 Å². The predicted molar refractivity (Wildman–Crippen MR) is 74.9 cm³/mol. The number of hydrogen-bond donors (Lipinski definition) is 1. The molecule has 96 valence electrons. The number of carbonyl (C=O) groups is 1. The molecule has 1 aliphatic heterocycles. The summed E-state index contributed by atoms with van der Waals surface area (Å²) < 4.78 is 5.38. The van der Waals surface area contributed by atoms with Gasteiger partial charge in [0.15, 0.2) is 6.61 Å². The summed E-state index contributed by atoms with van der Waals surface area (Å²) in [6.07, 6.45) is 2.52. The van der Waals surface area contributed by atoms with Crippen LogP contribution in [0.2, 0.25) is 0 Å². The number of anilines is 1. The van der Waals surface area contributed by atoms with E-state index in [1.54, 1.807) is 4.90 Å². The molecule has 0 fully saturated rings. The number of nitrogens with two attached hydrogens (primary N) is 1. The van der Waals surface area contributed by atoms with Gasteiger partial charge >= 0.3 is 0 Å². The lowest BCUT2D eigenvalue weighted by Crippen LogP contribution is -2.39. The normalized spacial score (nSPS) is 14.0. The Bertz CT molecular complexity index is 462. The van der Waals surface area contributed by atoms with Gasteiger partial charge < -0.3 is 15.4 Å². The van der Waals surface area contributed by atoms with Crippen LogP contribution in [0.3, 0.4) is 0 Å². The molecule has 0 spiro atoms. The zero-order valence-corrected chi connectivity index (χ0v) is 10.9. The van der Waals surface area contributed by atoms with Gasteiger partial charge in [0, 0.05) is 6.54 Å². The monoisotopic (exact) mass is 264 g/mol. The van der Waals surface area contributed by atoms with Crippen LogP contribution in [0.15, 0.2) is 24.3 Å². The van der Waals surface area contributed by atoms with Crippen LogP contribution in [0, 0.1) is 0 Å². The van der Waals surface area contributed by atoms with E-state index >= 15 is 0 Å². The molecule has 0 saturated heterocycles. The van der Waals surface area contributed by atoms with Gasteiger partial charge in [-0.1, -0.05) is 24.4 Å². The molecule has 2 N–H and O–H groups in total. The highest BCUT2D eigenvalue weighted by atomic mass is 32.1. The molecule has 2 rings (SSSR count). The zero-order valence-electron chi connectivity index (χ0n) is 10.1. The first-order valence-electron chi connectivity index (χ1n) is 5.99. The van der Waals surface area contributed by atoms with Gasteiger partial charge in [0.05, 0.1) is 10.7 Å². The first-order chi connectivity index (χ1) is 8.68. The standard InChI is InChI=1S/C13H16N2O2S/c14-12(18)7-3-4-8-15-10-5-1-2-6-11(10)17-9-13(15)16/h1-2,5-6H,3-4,7-9H2,(H2,14,18). The van der Waals surface area contributed by atoms with Crippen molar-refractivity contribution in [2.45, 2.75) is 19.3 Å². The summed E-state index contributed by atoms with van der Waals surface area (Å²) in [5, 5.41) is 0. The molecule has 0 bridgehead atoms. The van der Waals surface area contributed by atoms with Gasteiger partial charge in [-0.2, -0.15) is 0 Å². The summed E-state index contributed by atoms with van der Waals surface area (Å²) >= 11 is 4.83. The summed E-state index contributed by atoms with van der Waals surface area (Å²) in [5.74, 6) is 0.774. The molecule has 0 aliphatic carbocycles. The topological polar surface area (TPSA) is 55.6 Å². The quantitative estimate of drug-likeness (QED) is 0.651. The van der Waals surface area contributed by atoms with Crippen LogP contribution < -0.4 is 15.4 Å². The maximum absolute atomic E-state index is 11.8. The van der Waals surface area contributed by atoms with Gasteiger partial charge in [0.2, 0.25) is 0 Å². The van der Waals surface area contributed by atoms with Crippen molar-refractivity contribution in [2.75, 3.05) is 18.1 Å². The van der Waals surface area contributed by atoms with E-state index in [1.165, 1.54) is 0 Å². The fourth-order valence-electron chi connectivity index (χ4n) is 1.97. The van der Waals surface area contributed by atoms with Crippen molar-refractivity contribution >= 4 is 28.8 Å². The lowest BCUT2D eigenvalue weighted by atomic mass is 10.2. The average Bonchev–Trinajstić information content (AvgIpc) is 2.36. The van der Waals surface area contributed by atoms with Crippen LogP contribution in [0.4, 0.5) is 5.69 Å². The molecule has 1 aliphatic rings. The third kappa shape index (κ3) is 2.98. The molecule has 0 radical (unpaired) electrons. The molecule has 1 aromatic carbocycles. The maximum atomic E-state index is 11.8. The number of unbranched alkanes of at least 4 members (excludes halogenated alkanes) is 1. The minimum atomic E-state index is 0.00373. The Labute approximate surface area is 112 Å². The number of carbonyl (C=O) groups excluding carboxylic acids is 1. The number of nitrogens with zero attached hydrogens (tertiary/aromatic N) is 1. The summed E-state index contributed by atoms with van der Waals surface area (Å²) in [7, 11) is 0. The highest BCUT2D eigenvalue weighted by Gasteiger charge is 2.24. The number of benzene rings is 1. The van der Waals surface area contributed by atoms with E-state index < -0.39 is 0 Å². The van der Waals surface area contributed by atoms with E-state index in [2.05, 4.69) is 0 Å². The van der Waals surface area contributed by atoms with Crippen molar-refractivity contribution in [3.63, 3.8) is 0 Å². The number of ether oxygens (including phenoxy) is 1. The van der Waals surface area contributed by atoms with Crippen LogP contribution in [-0.4, -0.2) is 24.0 Å². The van der Waals surface area contributed by atoms with Crippen LogP contribution in [-0.2, 0) is 4.79 Å². The van der Waals surface area contributed by atoms with Crippen molar-refractivity contribution in [1.82, 2.24) is 0 Å². The first-order valence-corrected chi connectivity index (χ1v) is 6.40. The highest BCUT2D eigenvalue weighted by Crippen LogP contribution is 2.31. The molecule has 18 heavy (non-hydrogen) atoms. The van der Waals surface area contributed by atoms with Gasteiger partial charge in [0.25, 0.3) is 5.91 Å². The molecule has 0 saturated carbocycles. The Morgan fingerprint density at radius 2 is 2.17 bits per heavy atom. The second kappa shape index (κ2) is 5.82. The van der Waals surface area contributed by atoms with Crippen molar-refractivity contribution in [2.24, 2.45) is 5.73 Å². The fraction of sp³-hybridized carbons (Fsp3) is 0.385. The molecule has 0 unspecified atom stereocenters. The fourth-order valence-corrected chi connectivity index (χ4v) is 2.11. The van der Waals surface area contributed by atoms with Gasteiger partial charge in [-0.05, 0) is 31.4 Å². The molecule has 1 amide bonds. The van der Waals surface area contributed by atoms with E-state index in [0.717, 1.165) is 30.7 Å². The lowest BCUT2D eigenvalue weighted by molar-refractivity contribution is -0.121. The van der Waals surface area contributed by atoms with Crippen molar-refractivity contribution in [3.05, 3.63) is 24.3 Å². The van der Waals surface area contributed by atoms with Crippen molar-refractivity contribution in [1.29, 1.82) is 0 Å². The molecule has 4 nitrogen and oxygen atoms in total. The second-order valence-corrected chi connectivity index (χ2v) is 4.75. The SMILES string of the molecule is NC(=S)CCCCN1C(=O)COc2ccccc21. The molecular weight excluding hydrogens is 248 g/mol. The molecule has 5 heteroatoms. The number of fused-ring (bicyclic) bond motifs is 1. The molecule has 0 atom stereocenters. The van der Waals surface area contributed by atoms with Crippen molar-refractivity contribution < 1.29 is 9.53 Å². The Morgan fingerprint density at radius 1 is 1.39 bits per heavy atom. The number of rotatable bonds is 5. The number of thiocarbonyl (C=S) groups is 1. The Hall–Kier alpha value is -1.62. The third-order valence-corrected chi connectivity index (χ3v) is 3.07. The smallest absolute Gasteiger partial charge is 0.265 e. The van der Waals surface area contributed by atoms with Crippen LogP contribution >= 0.6 is 12.2 Å². The molecule has 1 aromatic rings. The lowest BCUT2D eigenvalue weighted by Gasteiger charge is -2.29.